The molecule has 0 radical (unpaired) electrons. The molecular formula is C7H8O2SZn. The Kier molecular flexibility index (Phi) is 5.34. The third kappa shape index (κ3) is 3.13. The predicted octanol–water partition coefficient (Wildman–Crippen LogP) is 1.92. The first-order valence-electron chi connectivity index (χ1n) is 3.05. The Bertz CT molecular complexity index is 208. The standard InChI is InChI=1S/C7H8O2S.Zn/c1-2-9-7(8)6-4-3-5-10-6;/h3-5H,2H2,1H3;. The fourth-order valence-electron chi connectivity index (χ4n) is 0.597. The molecule has 4 heteroatoms. The summed E-state index contributed by atoms with van der Waals surface area (Å²) in [6.45, 7) is 2.24. The van der Waals surface area contributed by atoms with Crippen molar-refractivity contribution in [1.82, 2.24) is 0 Å². The Morgan fingerprint density at radius 1 is 1.73 bits per heavy atom. The molecule has 0 aliphatic heterocycles. The third-order valence-electron chi connectivity index (χ3n) is 0.998. The van der Waals surface area contributed by atoms with E-state index in [1.165, 1.54) is 11.3 Å². The molecule has 0 aliphatic carbocycles. The van der Waals surface area contributed by atoms with Gasteiger partial charge in [0.2, 0.25) is 0 Å². The number of hydrogen-bond donors (Lipinski definition) is 0. The molecule has 0 fully saturated rings. The summed E-state index contributed by atoms with van der Waals surface area (Å²) in [5.41, 5.74) is 0. The number of carbonyl (C=O) groups is 1. The number of rotatable bonds is 2. The summed E-state index contributed by atoms with van der Waals surface area (Å²) in [5.74, 6) is -0.225. The maximum absolute atomic E-state index is 10.9. The van der Waals surface area contributed by atoms with Crippen molar-refractivity contribution in [3.05, 3.63) is 22.4 Å². The second-order valence-electron chi connectivity index (χ2n) is 1.70. The molecule has 0 unspecified atom stereocenters. The normalized spacial score (nSPS) is 8.45. The van der Waals surface area contributed by atoms with E-state index >= 15 is 0 Å². The largest absolute Gasteiger partial charge is 0.462 e. The van der Waals surface area contributed by atoms with Crippen LogP contribution in [0.3, 0.4) is 0 Å². The van der Waals surface area contributed by atoms with Crippen molar-refractivity contribution >= 4 is 17.3 Å². The van der Waals surface area contributed by atoms with Crippen LogP contribution in [0.15, 0.2) is 17.5 Å². The Labute approximate surface area is 82.3 Å². The van der Waals surface area contributed by atoms with Crippen LogP contribution in [0.25, 0.3) is 0 Å². The summed E-state index contributed by atoms with van der Waals surface area (Å²) >= 11 is 1.40. The van der Waals surface area contributed by atoms with Gasteiger partial charge in [-0.2, -0.15) is 0 Å². The molecule has 56 valence electrons. The van der Waals surface area contributed by atoms with E-state index in [0.29, 0.717) is 11.5 Å². The third-order valence-corrected chi connectivity index (χ3v) is 1.85. The van der Waals surface area contributed by atoms with Gasteiger partial charge in [-0.3, -0.25) is 0 Å². The van der Waals surface area contributed by atoms with E-state index in [4.69, 9.17) is 4.74 Å². The molecule has 1 rings (SSSR count). The quantitative estimate of drug-likeness (QED) is 0.563. The van der Waals surface area contributed by atoms with E-state index in [2.05, 4.69) is 0 Å². The molecule has 0 bridgehead atoms. The van der Waals surface area contributed by atoms with Gasteiger partial charge in [0.05, 0.1) is 6.61 Å². The van der Waals surface area contributed by atoms with Crippen molar-refractivity contribution in [2.75, 3.05) is 6.61 Å². The number of carbonyl (C=O) groups excluding carboxylic acids is 1. The second kappa shape index (κ2) is 5.44. The maximum atomic E-state index is 10.9. The number of ether oxygens (including phenoxy) is 1. The summed E-state index contributed by atoms with van der Waals surface area (Å²) in [4.78, 5) is 11.6. The zero-order chi connectivity index (χ0) is 7.40. The topological polar surface area (TPSA) is 26.3 Å². The SMILES string of the molecule is CCOC(=O)c1cccs1.[Zn]. The van der Waals surface area contributed by atoms with Gasteiger partial charge in [-0.05, 0) is 18.4 Å². The van der Waals surface area contributed by atoms with Crippen LogP contribution in [-0.2, 0) is 24.2 Å². The van der Waals surface area contributed by atoms with Crippen molar-refractivity contribution in [1.29, 1.82) is 0 Å². The average Bonchev–Trinajstić information content (AvgIpc) is 2.38. The first-order valence-corrected chi connectivity index (χ1v) is 3.93. The van der Waals surface area contributed by atoms with Crippen LogP contribution >= 0.6 is 11.3 Å². The molecule has 1 aromatic rings. The van der Waals surface area contributed by atoms with Crippen molar-refractivity contribution in [3.8, 4) is 0 Å². The van der Waals surface area contributed by atoms with Gasteiger partial charge in [0, 0.05) is 19.5 Å². The summed E-state index contributed by atoms with van der Waals surface area (Å²) in [7, 11) is 0. The minimum atomic E-state index is -0.225. The molecule has 0 aliphatic rings. The van der Waals surface area contributed by atoms with E-state index in [1.54, 1.807) is 13.0 Å². The van der Waals surface area contributed by atoms with Crippen LogP contribution in [-0.4, -0.2) is 12.6 Å². The summed E-state index contributed by atoms with van der Waals surface area (Å²) in [5, 5.41) is 1.85. The van der Waals surface area contributed by atoms with Crippen LogP contribution in [0, 0.1) is 0 Å². The Hall–Kier alpha value is -0.207. The Morgan fingerprint density at radius 3 is 2.91 bits per heavy atom. The summed E-state index contributed by atoms with van der Waals surface area (Å²) in [6.07, 6.45) is 0. The minimum Gasteiger partial charge on any atom is -0.462 e. The fraction of sp³-hybridized carbons (Fsp3) is 0.286. The zero-order valence-corrected chi connectivity index (χ0v) is 10.2. The van der Waals surface area contributed by atoms with Crippen molar-refractivity contribution < 1.29 is 29.0 Å². The van der Waals surface area contributed by atoms with E-state index < -0.39 is 0 Å². The van der Waals surface area contributed by atoms with Gasteiger partial charge in [-0.15, -0.1) is 11.3 Å². The molecule has 0 saturated heterocycles. The van der Waals surface area contributed by atoms with Gasteiger partial charge < -0.3 is 4.74 Å². The monoisotopic (exact) mass is 220 g/mol. The van der Waals surface area contributed by atoms with Gasteiger partial charge in [0.25, 0.3) is 0 Å². The van der Waals surface area contributed by atoms with Crippen molar-refractivity contribution in [2.24, 2.45) is 0 Å². The molecule has 1 heterocycles. The van der Waals surface area contributed by atoms with Crippen LogP contribution in [0.1, 0.15) is 16.6 Å². The average molecular weight is 222 g/mol. The van der Waals surface area contributed by atoms with Crippen LogP contribution in [0.4, 0.5) is 0 Å². The van der Waals surface area contributed by atoms with Crippen LogP contribution in [0.2, 0.25) is 0 Å². The Morgan fingerprint density at radius 2 is 2.45 bits per heavy atom. The second-order valence-corrected chi connectivity index (χ2v) is 2.65. The van der Waals surface area contributed by atoms with E-state index in [1.807, 2.05) is 11.4 Å². The van der Waals surface area contributed by atoms with Crippen molar-refractivity contribution in [2.45, 2.75) is 6.92 Å². The van der Waals surface area contributed by atoms with Crippen molar-refractivity contribution in [3.63, 3.8) is 0 Å². The molecule has 0 amide bonds. The Balaban J connectivity index is 0.000001000. The molecule has 0 N–H and O–H groups in total. The molecular weight excluding hydrogens is 214 g/mol. The van der Waals surface area contributed by atoms with Gasteiger partial charge in [0.15, 0.2) is 0 Å². The minimum absolute atomic E-state index is 0. The molecule has 11 heavy (non-hydrogen) atoms. The fourth-order valence-corrected chi connectivity index (χ4v) is 1.21. The molecule has 0 saturated carbocycles. The number of hydrogen-bond acceptors (Lipinski definition) is 3. The zero-order valence-electron chi connectivity index (χ0n) is 6.37. The van der Waals surface area contributed by atoms with E-state index in [0.717, 1.165) is 0 Å². The summed E-state index contributed by atoms with van der Waals surface area (Å²) < 4.78 is 4.76. The number of thiophene rings is 1. The van der Waals surface area contributed by atoms with Gasteiger partial charge in [-0.25, -0.2) is 4.79 Å². The van der Waals surface area contributed by atoms with Gasteiger partial charge in [0.1, 0.15) is 4.88 Å². The van der Waals surface area contributed by atoms with E-state index in [9.17, 15) is 4.79 Å². The molecule has 0 atom stereocenters. The van der Waals surface area contributed by atoms with E-state index in [-0.39, 0.29) is 25.4 Å². The molecule has 2 nitrogen and oxygen atoms in total. The predicted molar refractivity (Wildman–Crippen MR) is 40.3 cm³/mol. The molecule has 1 aromatic heterocycles. The summed E-state index contributed by atoms with van der Waals surface area (Å²) in [6, 6.07) is 3.58. The maximum Gasteiger partial charge on any atom is 0.348 e. The smallest absolute Gasteiger partial charge is 0.348 e. The first kappa shape index (κ1) is 10.8. The van der Waals surface area contributed by atoms with Gasteiger partial charge >= 0.3 is 5.97 Å². The number of esters is 1. The molecule has 0 spiro atoms. The van der Waals surface area contributed by atoms with Gasteiger partial charge in [-0.1, -0.05) is 6.07 Å². The molecule has 0 aromatic carbocycles. The first-order chi connectivity index (χ1) is 4.84. The van der Waals surface area contributed by atoms with Crippen LogP contribution in [0.5, 0.6) is 0 Å². The van der Waals surface area contributed by atoms with Crippen LogP contribution < -0.4 is 0 Å².